The number of hydrogen-bond donors (Lipinski definition) is 2. The van der Waals surface area contributed by atoms with Gasteiger partial charge in [-0.1, -0.05) is 60.7 Å². The molecule has 0 aromatic heterocycles. The van der Waals surface area contributed by atoms with E-state index in [9.17, 15) is 15.0 Å². The number of nitrogens with zero attached hydrogens (tertiary/aromatic N) is 1. The summed E-state index contributed by atoms with van der Waals surface area (Å²) in [6, 6.07) is 19.2. The van der Waals surface area contributed by atoms with E-state index >= 15 is 0 Å². The number of rotatable bonds is 7. The van der Waals surface area contributed by atoms with Gasteiger partial charge in [-0.05, 0) is 31.9 Å². The van der Waals surface area contributed by atoms with Crippen LogP contribution in [0.3, 0.4) is 0 Å². The van der Waals surface area contributed by atoms with Gasteiger partial charge in [0.25, 0.3) is 0 Å². The maximum Gasteiger partial charge on any atom is 0.410 e. The molecule has 1 amide bonds. The van der Waals surface area contributed by atoms with E-state index < -0.39 is 36.1 Å². The topological polar surface area (TPSA) is 88.5 Å². The molecule has 3 rings (SSSR count). The number of benzene rings is 2. The third-order valence-corrected chi connectivity index (χ3v) is 5.24. The predicted molar refractivity (Wildman–Crippen MR) is 120 cm³/mol. The van der Waals surface area contributed by atoms with E-state index in [1.807, 2.05) is 60.7 Å². The molecule has 2 aromatic rings. The Bertz CT molecular complexity index is 854. The van der Waals surface area contributed by atoms with Gasteiger partial charge < -0.3 is 29.3 Å². The van der Waals surface area contributed by atoms with Gasteiger partial charge in [-0.15, -0.1) is 0 Å². The highest BCUT2D eigenvalue weighted by molar-refractivity contribution is 5.68. The van der Waals surface area contributed by atoms with Gasteiger partial charge in [0, 0.05) is 0 Å². The number of amides is 1. The largest absolute Gasteiger partial charge is 0.444 e. The monoisotopic (exact) mass is 443 g/mol. The fourth-order valence-corrected chi connectivity index (χ4v) is 3.69. The normalized spacial score (nSPS) is 23.7. The molecule has 0 unspecified atom stereocenters. The Morgan fingerprint density at radius 1 is 1.00 bits per heavy atom. The molecule has 0 aliphatic carbocycles. The van der Waals surface area contributed by atoms with Crippen molar-refractivity contribution in [2.75, 3.05) is 19.7 Å². The van der Waals surface area contributed by atoms with E-state index in [2.05, 4.69) is 0 Å². The summed E-state index contributed by atoms with van der Waals surface area (Å²) in [4.78, 5) is 14.1. The summed E-state index contributed by atoms with van der Waals surface area (Å²) in [6.07, 6.45) is -2.08. The minimum absolute atomic E-state index is 0.122. The zero-order chi connectivity index (χ0) is 23.2. The first kappa shape index (κ1) is 24.2. The Balaban J connectivity index is 1.80. The average molecular weight is 444 g/mol. The molecule has 1 fully saturated rings. The van der Waals surface area contributed by atoms with Crippen molar-refractivity contribution in [1.82, 2.24) is 4.90 Å². The molecule has 1 heterocycles. The molecule has 32 heavy (non-hydrogen) atoms. The van der Waals surface area contributed by atoms with Crippen molar-refractivity contribution in [1.29, 1.82) is 0 Å². The summed E-state index contributed by atoms with van der Waals surface area (Å²) < 4.78 is 17.7. The molecule has 0 bridgehead atoms. The standard InChI is InChI=1S/C25H33NO6/c1-24(2,3)32-23(28)26-14-21(30-15-19-10-6-4-7-11-19)22(25(29,17-26)18-27)31-16-20-12-8-5-9-13-20/h4-13,21-22,27,29H,14-18H2,1-3H3/t21-,22+,25-/m1/s1. The molecule has 0 radical (unpaired) electrons. The molecular formula is C25H33NO6. The Labute approximate surface area is 189 Å². The first-order chi connectivity index (χ1) is 15.2. The Hall–Kier alpha value is -2.45. The van der Waals surface area contributed by atoms with Crippen molar-refractivity contribution in [2.24, 2.45) is 0 Å². The number of β-amino-alcohol motifs (C(OH)–C–C–N with tert-alkyl or cyclic N) is 1. The minimum atomic E-state index is -1.70. The van der Waals surface area contributed by atoms with Crippen LogP contribution in [0, 0.1) is 0 Å². The number of aliphatic hydroxyl groups excluding tert-OH is 1. The number of hydrogen-bond acceptors (Lipinski definition) is 6. The maximum atomic E-state index is 12.7. The first-order valence-electron chi connectivity index (χ1n) is 10.8. The Morgan fingerprint density at radius 3 is 2.03 bits per heavy atom. The lowest BCUT2D eigenvalue weighted by Crippen LogP contribution is -2.67. The highest BCUT2D eigenvalue weighted by Gasteiger charge is 2.50. The highest BCUT2D eigenvalue weighted by Crippen LogP contribution is 2.29. The SMILES string of the molecule is CC(C)(C)OC(=O)N1C[C@@H](OCc2ccccc2)[C@H](OCc2ccccc2)[C@](O)(CO)C1. The molecule has 2 aromatic carbocycles. The zero-order valence-corrected chi connectivity index (χ0v) is 18.9. The van der Waals surface area contributed by atoms with Crippen molar-refractivity contribution < 1.29 is 29.2 Å². The molecular weight excluding hydrogens is 410 g/mol. The number of likely N-dealkylation sites (tertiary alicyclic amines) is 1. The summed E-state index contributed by atoms with van der Waals surface area (Å²) in [7, 11) is 0. The van der Waals surface area contributed by atoms with Crippen LogP contribution in [0.4, 0.5) is 4.79 Å². The van der Waals surface area contributed by atoms with E-state index in [-0.39, 0.29) is 26.3 Å². The molecule has 0 saturated carbocycles. The summed E-state index contributed by atoms with van der Waals surface area (Å²) >= 11 is 0. The van der Waals surface area contributed by atoms with Crippen molar-refractivity contribution in [3.8, 4) is 0 Å². The van der Waals surface area contributed by atoms with Crippen LogP contribution >= 0.6 is 0 Å². The second kappa shape index (κ2) is 10.4. The van der Waals surface area contributed by atoms with E-state index in [1.165, 1.54) is 4.90 Å². The highest BCUT2D eigenvalue weighted by atomic mass is 16.6. The molecule has 7 heteroatoms. The Morgan fingerprint density at radius 2 is 1.53 bits per heavy atom. The zero-order valence-electron chi connectivity index (χ0n) is 18.9. The van der Waals surface area contributed by atoms with Crippen LogP contribution in [0.1, 0.15) is 31.9 Å². The van der Waals surface area contributed by atoms with Crippen LogP contribution < -0.4 is 0 Å². The van der Waals surface area contributed by atoms with Gasteiger partial charge >= 0.3 is 6.09 Å². The molecule has 1 aliphatic rings. The smallest absolute Gasteiger partial charge is 0.410 e. The second-order valence-electron chi connectivity index (χ2n) is 9.17. The lowest BCUT2D eigenvalue weighted by atomic mass is 9.88. The summed E-state index contributed by atoms with van der Waals surface area (Å²) in [5, 5.41) is 21.4. The summed E-state index contributed by atoms with van der Waals surface area (Å²) in [6.45, 7) is 5.32. The van der Waals surface area contributed by atoms with Crippen LogP contribution in [0.5, 0.6) is 0 Å². The fourth-order valence-electron chi connectivity index (χ4n) is 3.69. The molecule has 3 atom stereocenters. The number of ether oxygens (including phenoxy) is 3. The van der Waals surface area contributed by atoms with Crippen molar-refractivity contribution in [3.63, 3.8) is 0 Å². The number of piperidine rings is 1. The molecule has 2 N–H and O–H groups in total. The van der Waals surface area contributed by atoms with Crippen molar-refractivity contribution in [3.05, 3.63) is 71.8 Å². The molecule has 174 valence electrons. The van der Waals surface area contributed by atoms with E-state index in [4.69, 9.17) is 14.2 Å². The average Bonchev–Trinajstić information content (AvgIpc) is 2.77. The van der Waals surface area contributed by atoms with Gasteiger partial charge in [-0.3, -0.25) is 0 Å². The molecule has 0 spiro atoms. The van der Waals surface area contributed by atoms with Gasteiger partial charge in [0.05, 0.1) is 32.9 Å². The van der Waals surface area contributed by atoms with Crippen LogP contribution in [-0.4, -0.2) is 64.3 Å². The summed E-state index contributed by atoms with van der Waals surface area (Å²) in [5.41, 5.74) is -0.499. The van der Waals surface area contributed by atoms with Gasteiger partial charge in [0.1, 0.15) is 23.4 Å². The van der Waals surface area contributed by atoms with Crippen LogP contribution in [0.2, 0.25) is 0 Å². The third kappa shape index (κ3) is 6.53. The van der Waals surface area contributed by atoms with Gasteiger partial charge in [-0.25, -0.2) is 4.79 Å². The van der Waals surface area contributed by atoms with Gasteiger partial charge in [0.2, 0.25) is 0 Å². The third-order valence-electron chi connectivity index (χ3n) is 5.24. The molecule has 7 nitrogen and oxygen atoms in total. The first-order valence-corrected chi connectivity index (χ1v) is 10.8. The minimum Gasteiger partial charge on any atom is -0.444 e. The maximum absolute atomic E-state index is 12.7. The van der Waals surface area contributed by atoms with Crippen LogP contribution in [0.15, 0.2) is 60.7 Å². The fraction of sp³-hybridized carbons (Fsp3) is 0.480. The summed E-state index contributed by atoms with van der Waals surface area (Å²) in [5.74, 6) is 0. The number of aliphatic hydroxyl groups is 2. The van der Waals surface area contributed by atoms with Crippen molar-refractivity contribution >= 4 is 6.09 Å². The number of carbonyl (C=O) groups is 1. The quantitative estimate of drug-likeness (QED) is 0.684. The van der Waals surface area contributed by atoms with Crippen molar-refractivity contribution in [2.45, 2.75) is 57.4 Å². The van der Waals surface area contributed by atoms with Crippen LogP contribution in [0.25, 0.3) is 0 Å². The van der Waals surface area contributed by atoms with E-state index in [0.717, 1.165) is 11.1 Å². The predicted octanol–water partition coefficient (Wildman–Crippen LogP) is 3.13. The van der Waals surface area contributed by atoms with E-state index in [0.29, 0.717) is 0 Å². The Kier molecular flexibility index (Phi) is 7.90. The molecule has 1 aliphatic heterocycles. The van der Waals surface area contributed by atoms with Crippen LogP contribution in [-0.2, 0) is 27.4 Å². The van der Waals surface area contributed by atoms with Gasteiger partial charge in [0.15, 0.2) is 0 Å². The lowest BCUT2D eigenvalue weighted by Gasteiger charge is -2.47. The second-order valence-corrected chi connectivity index (χ2v) is 9.17. The lowest BCUT2D eigenvalue weighted by molar-refractivity contribution is -0.219. The van der Waals surface area contributed by atoms with Gasteiger partial charge in [-0.2, -0.15) is 0 Å². The molecule has 1 saturated heterocycles. The number of carbonyl (C=O) groups excluding carboxylic acids is 1. The van der Waals surface area contributed by atoms with E-state index in [1.54, 1.807) is 20.8 Å².